The van der Waals surface area contributed by atoms with Crippen molar-refractivity contribution in [1.29, 1.82) is 0 Å². The highest BCUT2D eigenvalue weighted by atomic mass is 32.2. The van der Waals surface area contributed by atoms with Crippen molar-refractivity contribution in [1.82, 2.24) is 10.2 Å². The Bertz CT molecular complexity index is 1280. The maximum atomic E-state index is 13.4. The predicted octanol–water partition coefficient (Wildman–Crippen LogP) is 5.68. The number of carboxylic acids is 1. The van der Waals surface area contributed by atoms with Crippen LogP contribution in [-0.4, -0.2) is 66.2 Å². The van der Waals surface area contributed by atoms with Crippen molar-refractivity contribution >= 4 is 23.6 Å². The van der Waals surface area contributed by atoms with Crippen LogP contribution < -0.4 is 5.32 Å². The SMILES string of the molecule is COCC1CC(Cc2ccccc2)CN1Cc1ccc(C(=O)NC(CCSC)C(=O)O)c(-c2ccccc2C)c1. The van der Waals surface area contributed by atoms with Crippen molar-refractivity contribution in [3.05, 3.63) is 95.1 Å². The number of ether oxygens (including phenoxy) is 1. The van der Waals surface area contributed by atoms with Gasteiger partial charge in [0.2, 0.25) is 0 Å². The fraction of sp³-hybridized carbons (Fsp3) is 0.394. The highest BCUT2D eigenvalue weighted by Gasteiger charge is 2.32. The van der Waals surface area contributed by atoms with Gasteiger partial charge in [-0.15, -0.1) is 0 Å². The van der Waals surface area contributed by atoms with Crippen molar-refractivity contribution < 1.29 is 19.4 Å². The molecule has 6 nitrogen and oxygen atoms in total. The molecule has 0 spiro atoms. The number of rotatable bonds is 13. The molecule has 1 saturated heterocycles. The molecule has 0 bridgehead atoms. The summed E-state index contributed by atoms with van der Waals surface area (Å²) in [5.74, 6) is -0.165. The topological polar surface area (TPSA) is 78.9 Å². The predicted molar refractivity (Wildman–Crippen MR) is 163 cm³/mol. The molecule has 3 unspecified atom stereocenters. The van der Waals surface area contributed by atoms with Crippen molar-refractivity contribution in [3.63, 3.8) is 0 Å². The van der Waals surface area contributed by atoms with E-state index in [2.05, 4.69) is 46.6 Å². The molecule has 0 aliphatic carbocycles. The number of likely N-dealkylation sites (tertiary alicyclic amines) is 1. The zero-order valence-corrected chi connectivity index (χ0v) is 24.5. The van der Waals surface area contributed by atoms with E-state index < -0.39 is 12.0 Å². The summed E-state index contributed by atoms with van der Waals surface area (Å²) in [6, 6.07) is 24.0. The summed E-state index contributed by atoms with van der Waals surface area (Å²) in [6.45, 7) is 4.46. The number of aryl methyl sites for hydroxylation is 1. The summed E-state index contributed by atoms with van der Waals surface area (Å²) in [4.78, 5) is 27.7. The van der Waals surface area contributed by atoms with E-state index >= 15 is 0 Å². The van der Waals surface area contributed by atoms with Crippen molar-refractivity contribution in [3.8, 4) is 11.1 Å². The van der Waals surface area contributed by atoms with Gasteiger partial charge >= 0.3 is 5.97 Å². The second kappa shape index (κ2) is 14.5. The number of aliphatic carboxylic acids is 1. The van der Waals surface area contributed by atoms with Crippen LogP contribution >= 0.6 is 11.8 Å². The lowest BCUT2D eigenvalue weighted by Crippen LogP contribution is -2.41. The minimum atomic E-state index is -1.01. The van der Waals surface area contributed by atoms with Gasteiger partial charge in [-0.25, -0.2) is 4.79 Å². The van der Waals surface area contributed by atoms with E-state index in [1.54, 1.807) is 18.9 Å². The van der Waals surface area contributed by atoms with Gasteiger partial charge in [-0.05, 0) is 84.1 Å². The van der Waals surface area contributed by atoms with E-state index in [1.165, 1.54) is 5.56 Å². The van der Waals surface area contributed by atoms with Crippen LogP contribution in [-0.2, 0) is 22.5 Å². The van der Waals surface area contributed by atoms with E-state index in [0.717, 1.165) is 48.2 Å². The summed E-state index contributed by atoms with van der Waals surface area (Å²) in [7, 11) is 1.76. The Hall–Kier alpha value is -3.13. The van der Waals surface area contributed by atoms with Crippen LogP contribution in [0.5, 0.6) is 0 Å². The molecular weight excluding hydrogens is 520 g/mol. The maximum absolute atomic E-state index is 13.4. The molecule has 4 rings (SSSR count). The van der Waals surface area contributed by atoms with Crippen molar-refractivity contribution in [2.45, 2.75) is 44.8 Å². The third-order valence-electron chi connectivity index (χ3n) is 7.70. The van der Waals surface area contributed by atoms with Gasteiger partial charge < -0.3 is 15.2 Å². The van der Waals surface area contributed by atoms with Gasteiger partial charge in [-0.2, -0.15) is 11.8 Å². The summed E-state index contributed by atoms with van der Waals surface area (Å²) >= 11 is 1.56. The second-order valence-corrected chi connectivity index (χ2v) is 11.7. The lowest BCUT2D eigenvalue weighted by molar-refractivity contribution is -0.139. The lowest BCUT2D eigenvalue weighted by atomic mass is 9.93. The molecule has 7 heteroatoms. The number of nitrogens with one attached hydrogen (secondary N) is 1. The normalized spacial score (nSPS) is 18.0. The average Bonchev–Trinajstić information content (AvgIpc) is 3.31. The number of benzene rings is 3. The Labute approximate surface area is 242 Å². The van der Waals surface area contributed by atoms with Crippen LogP contribution in [0.25, 0.3) is 11.1 Å². The molecule has 0 aromatic heterocycles. The van der Waals surface area contributed by atoms with Gasteiger partial charge in [-0.1, -0.05) is 60.7 Å². The van der Waals surface area contributed by atoms with Gasteiger partial charge in [0, 0.05) is 31.8 Å². The Morgan fingerprint density at radius 2 is 1.80 bits per heavy atom. The number of hydrogen-bond donors (Lipinski definition) is 2. The van der Waals surface area contributed by atoms with Gasteiger partial charge in [0.25, 0.3) is 5.91 Å². The Morgan fingerprint density at radius 3 is 2.50 bits per heavy atom. The number of nitrogens with zero attached hydrogens (tertiary/aromatic N) is 1. The van der Waals surface area contributed by atoms with E-state index in [1.807, 2.05) is 49.6 Å². The first-order valence-corrected chi connectivity index (χ1v) is 15.3. The highest BCUT2D eigenvalue weighted by Crippen LogP contribution is 2.32. The van der Waals surface area contributed by atoms with Crippen LogP contribution in [0.15, 0.2) is 72.8 Å². The first-order chi connectivity index (χ1) is 19.4. The molecule has 1 aliphatic rings. The summed E-state index contributed by atoms with van der Waals surface area (Å²) in [6.07, 6.45) is 4.43. The zero-order valence-electron chi connectivity index (χ0n) is 23.6. The van der Waals surface area contributed by atoms with Gasteiger partial charge in [0.15, 0.2) is 0 Å². The molecular formula is C33H40N2O4S. The summed E-state index contributed by atoms with van der Waals surface area (Å²) < 4.78 is 5.59. The summed E-state index contributed by atoms with van der Waals surface area (Å²) in [5, 5.41) is 12.4. The summed E-state index contributed by atoms with van der Waals surface area (Å²) in [5.41, 5.74) is 5.83. The maximum Gasteiger partial charge on any atom is 0.326 e. The van der Waals surface area contributed by atoms with E-state index in [4.69, 9.17) is 4.74 Å². The quantitative estimate of drug-likeness (QED) is 0.280. The molecule has 40 heavy (non-hydrogen) atoms. The molecule has 3 atom stereocenters. The molecule has 2 N–H and O–H groups in total. The fourth-order valence-corrected chi connectivity index (χ4v) is 6.16. The number of methoxy groups -OCH3 is 1. The molecule has 1 fully saturated rings. The van der Waals surface area contributed by atoms with Crippen LogP contribution in [0.3, 0.4) is 0 Å². The minimum Gasteiger partial charge on any atom is -0.480 e. The lowest BCUT2D eigenvalue weighted by Gasteiger charge is -2.24. The monoisotopic (exact) mass is 560 g/mol. The molecule has 3 aromatic carbocycles. The van der Waals surface area contributed by atoms with Crippen LogP contribution in [0.2, 0.25) is 0 Å². The number of carboxylic acid groups (broad SMARTS) is 1. The fourth-order valence-electron chi connectivity index (χ4n) is 5.69. The van der Waals surface area contributed by atoms with E-state index in [-0.39, 0.29) is 5.91 Å². The first-order valence-electron chi connectivity index (χ1n) is 13.9. The highest BCUT2D eigenvalue weighted by molar-refractivity contribution is 7.98. The molecule has 1 amide bonds. The molecule has 3 aromatic rings. The van der Waals surface area contributed by atoms with E-state index in [0.29, 0.717) is 36.3 Å². The second-order valence-electron chi connectivity index (χ2n) is 10.7. The van der Waals surface area contributed by atoms with Crippen LogP contribution in [0.4, 0.5) is 0 Å². The third-order valence-corrected chi connectivity index (χ3v) is 8.35. The zero-order chi connectivity index (χ0) is 28.5. The molecule has 1 aliphatic heterocycles. The third kappa shape index (κ3) is 7.74. The molecule has 0 radical (unpaired) electrons. The molecule has 212 valence electrons. The number of amides is 1. The minimum absolute atomic E-state index is 0.330. The Balaban J connectivity index is 1.59. The number of carbonyl (C=O) groups excluding carboxylic acids is 1. The van der Waals surface area contributed by atoms with Crippen LogP contribution in [0, 0.1) is 12.8 Å². The van der Waals surface area contributed by atoms with Crippen molar-refractivity contribution in [2.75, 3.05) is 32.3 Å². The first kappa shape index (κ1) is 29.8. The van der Waals surface area contributed by atoms with Crippen LogP contribution in [0.1, 0.15) is 39.9 Å². The van der Waals surface area contributed by atoms with Gasteiger partial charge in [0.1, 0.15) is 6.04 Å². The average molecular weight is 561 g/mol. The molecule has 0 saturated carbocycles. The van der Waals surface area contributed by atoms with Crippen molar-refractivity contribution in [2.24, 2.45) is 5.92 Å². The van der Waals surface area contributed by atoms with Gasteiger partial charge in [-0.3, -0.25) is 9.69 Å². The Morgan fingerprint density at radius 1 is 1.05 bits per heavy atom. The number of hydrogen-bond acceptors (Lipinski definition) is 5. The number of thioether (sulfide) groups is 1. The van der Waals surface area contributed by atoms with E-state index in [9.17, 15) is 14.7 Å². The smallest absolute Gasteiger partial charge is 0.326 e. The Kier molecular flexibility index (Phi) is 10.8. The van der Waals surface area contributed by atoms with Gasteiger partial charge in [0.05, 0.1) is 6.61 Å². The standard InChI is InChI=1S/C33H40N2O4S/c1-23-9-7-8-12-28(23)30-19-25(13-14-29(30)32(36)34-31(33(37)38)15-16-40-3)20-35-21-26(18-27(35)22-39-2)17-24-10-5-4-6-11-24/h4-14,19,26-27,31H,15-18,20-22H2,1-3H3,(H,34,36)(H,37,38). The largest absolute Gasteiger partial charge is 0.480 e. The number of carbonyl (C=O) groups is 2. The molecule has 1 heterocycles.